The third-order valence-electron chi connectivity index (χ3n) is 2.55. The number of nitrogens with zero attached hydrogens (tertiary/aromatic N) is 1. The third kappa shape index (κ3) is 2.32. The lowest BCUT2D eigenvalue weighted by Crippen LogP contribution is -2.16. The van der Waals surface area contributed by atoms with E-state index in [4.69, 9.17) is 11.5 Å². The summed E-state index contributed by atoms with van der Waals surface area (Å²) in [5.74, 6) is -0.946. The average molecular weight is 248 g/mol. The Hall–Kier alpha value is -2.37. The highest BCUT2D eigenvalue weighted by atomic mass is 19.1. The molecule has 1 heterocycles. The van der Waals surface area contributed by atoms with Gasteiger partial charge in [-0.25, -0.2) is 4.39 Å². The summed E-state index contributed by atoms with van der Waals surface area (Å²) in [6.07, 6.45) is 1.68. The number of pyridine rings is 1. The smallest absolute Gasteiger partial charge is 0.219 e. The summed E-state index contributed by atoms with van der Waals surface area (Å²) in [5.41, 5.74) is 11.8. The monoisotopic (exact) mass is 248 g/mol. The number of anilines is 2. The van der Waals surface area contributed by atoms with Gasteiger partial charge in [-0.1, -0.05) is 0 Å². The first-order valence-electron chi connectivity index (χ1n) is 5.44. The lowest BCUT2D eigenvalue weighted by Gasteiger charge is -2.11. The van der Waals surface area contributed by atoms with Gasteiger partial charge in [-0.2, -0.15) is 0 Å². The minimum absolute atomic E-state index is 0.123. The van der Waals surface area contributed by atoms with E-state index in [1.54, 1.807) is 18.3 Å². The van der Waals surface area contributed by atoms with E-state index in [0.29, 0.717) is 16.6 Å². The van der Waals surface area contributed by atoms with E-state index in [1.807, 2.05) is 0 Å². The van der Waals surface area contributed by atoms with Crippen molar-refractivity contribution in [1.29, 1.82) is 0 Å². The summed E-state index contributed by atoms with van der Waals surface area (Å²) in [7, 11) is 0. The minimum atomic E-state index is -0.497. The largest absolute Gasteiger partial charge is 0.398 e. The maximum absolute atomic E-state index is 13.8. The van der Waals surface area contributed by atoms with Crippen molar-refractivity contribution in [2.45, 2.75) is 6.42 Å². The second-order valence-corrected chi connectivity index (χ2v) is 3.87. The van der Waals surface area contributed by atoms with Crippen molar-refractivity contribution in [2.75, 3.05) is 17.6 Å². The van der Waals surface area contributed by atoms with Gasteiger partial charge in [0.15, 0.2) is 5.82 Å². The van der Waals surface area contributed by atoms with E-state index in [-0.39, 0.29) is 18.7 Å². The molecule has 94 valence electrons. The van der Waals surface area contributed by atoms with Crippen LogP contribution in [-0.4, -0.2) is 17.4 Å². The number of carbonyl (C=O) groups is 1. The molecule has 0 unspecified atom stereocenters. The Bertz CT molecular complexity index is 600. The number of nitrogens with one attached hydrogen (secondary N) is 1. The maximum Gasteiger partial charge on any atom is 0.219 e. The molecule has 0 saturated carbocycles. The van der Waals surface area contributed by atoms with Gasteiger partial charge < -0.3 is 16.8 Å². The van der Waals surface area contributed by atoms with Crippen LogP contribution in [0.25, 0.3) is 10.9 Å². The Morgan fingerprint density at radius 1 is 1.50 bits per heavy atom. The zero-order chi connectivity index (χ0) is 13.1. The molecular weight excluding hydrogens is 235 g/mol. The maximum atomic E-state index is 13.8. The van der Waals surface area contributed by atoms with Crippen LogP contribution in [0.4, 0.5) is 15.8 Å². The van der Waals surface area contributed by atoms with Crippen molar-refractivity contribution in [3.63, 3.8) is 0 Å². The molecule has 0 saturated heterocycles. The van der Waals surface area contributed by atoms with Crippen LogP contribution in [0, 0.1) is 5.82 Å². The van der Waals surface area contributed by atoms with Crippen molar-refractivity contribution < 1.29 is 9.18 Å². The zero-order valence-electron chi connectivity index (χ0n) is 9.61. The molecule has 6 heteroatoms. The number of fused-ring (bicyclic) bond motifs is 1. The lowest BCUT2D eigenvalue weighted by atomic mass is 10.1. The highest BCUT2D eigenvalue weighted by Gasteiger charge is 2.11. The van der Waals surface area contributed by atoms with Crippen molar-refractivity contribution in [3.05, 3.63) is 30.2 Å². The number of carbonyl (C=O) groups excluding carboxylic acids is 1. The molecule has 1 aromatic carbocycles. The Kier molecular flexibility index (Phi) is 3.27. The topological polar surface area (TPSA) is 94.0 Å². The van der Waals surface area contributed by atoms with E-state index in [1.165, 1.54) is 6.07 Å². The Morgan fingerprint density at radius 3 is 3.00 bits per heavy atom. The molecule has 0 aliphatic rings. The normalized spacial score (nSPS) is 10.5. The van der Waals surface area contributed by atoms with Crippen LogP contribution in [0.2, 0.25) is 0 Å². The number of benzene rings is 1. The van der Waals surface area contributed by atoms with Crippen molar-refractivity contribution in [3.8, 4) is 0 Å². The van der Waals surface area contributed by atoms with Gasteiger partial charge in [0, 0.05) is 30.2 Å². The standard InChI is InChI=1S/C12H13FN4O/c13-8-6-9(14)7-2-1-4-16-11(7)12(8)17-5-3-10(15)18/h1-2,4,6,17H,3,5,14H2,(H2,15,18). The van der Waals surface area contributed by atoms with Crippen LogP contribution in [0.5, 0.6) is 0 Å². The molecule has 2 aromatic rings. The van der Waals surface area contributed by atoms with Crippen LogP contribution in [0.1, 0.15) is 6.42 Å². The molecule has 0 aliphatic carbocycles. The summed E-state index contributed by atoms with van der Waals surface area (Å²) < 4.78 is 13.8. The molecule has 5 N–H and O–H groups in total. The molecule has 0 radical (unpaired) electrons. The van der Waals surface area contributed by atoms with Crippen molar-refractivity contribution in [2.24, 2.45) is 5.73 Å². The first-order chi connectivity index (χ1) is 8.59. The van der Waals surface area contributed by atoms with E-state index in [0.717, 1.165) is 0 Å². The van der Waals surface area contributed by atoms with Gasteiger partial charge >= 0.3 is 0 Å². The van der Waals surface area contributed by atoms with Gasteiger partial charge in [0.1, 0.15) is 0 Å². The van der Waals surface area contributed by atoms with Gasteiger partial charge in [-0.3, -0.25) is 9.78 Å². The molecule has 18 heavy (non-hydrogen) atoms. The molecular formula is C12H13FN4O. The Balaban J connectivity index is 2.39. The van der Waals surface area contributed by atoms with Gasteiger partial charge in [0.25, 0.3) is 0 Å². The number of amides is 1. The van der Waals surface area contributed by atoms with E-state index < -0.39 is 11.7 Å². The number of nitrogen functional groups attached to an aromatic ring is 1. The van der Waals surface area contributed by atoms with Crippen molar-refractivity contribution in [1.82, 2.24) is 4.98 Å². The molecule has 5 nitrogen and oxygen atoms in total. The second-order valence-electron chi connectivity index (χ2n) is 3.87. The predicted molar refractivity (Wildman–Crippen MR) is 68.4 cm³/mol. The number of aromatic nitrogens is 1. The van der Waals surface area contributed by atoms with Crippen LogP contribution in [0.15, 0.2) is 24.4 Å². The lowest BCUT2D eigenvalue weighted by molar-refractivity contribution is -0.117. The van der Waals surface area contributed by atoms with E-state index in [9.17, 15) is 9.18 Å². The fraction of sp³-hybridized carbons (Fsp3) is 0.167. The fourth-order valence-corrected chi connectivity index (χ4v) is 1.72. The van der Waals surface area contributed by atoms with Crippen LogP contribution >= 0.6 is 0 Å². The minimum Gasteiger partial charge on any atom is -0.398 e. The van der Waals surface area contributed by atoms with Crippen LogP contribution < -0.4 is 16.8 Å². The molecule has 1 aromatic heterocycles. The number of nitrogens with two attached hydrogens (primary N) is 2. The van der Waals surface area contributed by atoms with Gasteiger partial charge in [-0.15, -0.1) is 0 Å². The number of hydrogen-bond donors (Lipinski definition) is 3. The van der Waals surface area contributed by atoms with Crippen molar-refractivity contribution >= 4 is 28.2 Å². The van der Waals surface area contributed by atoms with Gasteiger partial charge in [-0.05, 0) is 18.2 Å². The molecule has 0 fully saturated rings. The summed E-state index contributed by atoms with van der Waals surface area (Å²) in [5, 5.41) is 3.49. The number of halogens is 1. The third-order valence-corrected chi connectivity index (χ3v) is 2.55. The fourth-order valence-electron chi connectivity index (χ4n) is 1.72. The second kappa shape index (κ2) is 4.87. The van der Waals surface area contributed by atoms with Crippen LogP contribution in [0.3, 0.4) is 0 Å². The average Bonchev–Trinajstić information content (AvgIpc) is 2.33. The molecule has 0 atom stereocenters. The Morgan fingerprint density at radius 2 is 2.28 bits per heavy atom. The molecule has 0 aliphatic heterocycles. The Labute approximate surface area is 103 Å². The highest BCUT2D eigenvalue weighted by Crippen LogP contribution is 2.29. The van der Waals surface area contributed by atoms with Gasteiger partial charge in [0.05, 0.1) is 11.2 Å². The van der Waals surface area contributed by atoms with Gasteiger partial charge in [0.2, 0.25) is 5.91 Å². The molecule has 2 rings (SSSR count). The summed E-state index contributed by atoms with van der Waals surface area (Å²) in [6.45, 7) is 0.252. The number of rotatable bonds is 4. The van der Waals surface area contributed by atoms with E-state index >= 15 is 0 Å². The summed E-state index contributed by atoms with van der Waals surface area (Å²) >= 11 is 0. The van der Waals surface area contributed by atoms with E-state index in [2.05, 4.69) is 10.3 Å². The molecule has 1 amide bonds. The quantitative estimate of drug-likeness (QED) is 0.709. The first kappa shape index (κ1) is 12.1. The first-order valence-corrected chi connectivity index (χ1v) is 5.44. The zero-order valence-corrected chi connectivity index (χ0v) is 9.61. The summed E-state index contributed by atoms with van der Waals surface area (Å²) in [4.78, 5) is 14.7. The number of primary amides is 1. The summed E-state index contributed by atoms with van der Waals surface area (Å²) in [6, 6.07) is 4.72. The molecule has 0 spiro atoms. The SMILES string of the molecule is NC(=O)CCNc1c(F)cc(N)c2cccnc12. The predicted octanol–water partition coefficient (Wildman–Crippen LogP) is 1.24. The number of hydrogen-bond acceptors (Lipinski definition) is 4. The van der Waals surface area contributed by atoms with Crippen LogP contribution in [-0.2, 0) is 4.79 Å². The molecule has 0 bridgehead atoms. The highest BCUT2D eigenvalue weighted by molar-refractivity contribution is 5.98.